The SMILES string of the molecule is COCCCP(=O)([O-])OCC[N+](C)(C)C. The van der Waals surface area contributed by atoms with E-state index in [1.54, 1.807) is 7.11 Å². The molecule has 0 rings (SSSR count). The largest absolute Gasteiger partial charge is 0.778 e. The number of quaternary nitrogens is 1. The molecule has 0 radical (unpaired) electrons. The minimum absolute atomic E-state index is 0.0536. The van der Waals surface area contributed by atoms with Crippen LogP contribution in [0.3, 0.4) is 0 Å². The third-order valence-corrected chi connectivity index (χ3v) is 3.27. The van der Waals surface area contributed by atoms with Crippen LogP contribution in [0.4, 0.5) is 0 Å². The number of nitrogens with zero attached hydrogens (tertiary/aromatic N) is 1. The van der Waals surface area contributed by atoms with Gasteiger partial charge in [-0.15, -0.1) is 0 Å². The van der Waals surface area contributed by atoms with Gasteiger partial charge < -0.3 is 23.2 Å². The molecule has 0 aliphatic carbocycles. The van der Waals surface area contributed by atoms with Crippen LogP contribution < -0.4 is 4.89 Å². The van der Waals surface area contributed by atoms with Crippen molar-refractivity contribution in [1.82, 2.24) is 0 Å². The minimum atomic E-state index is -3.65. The lowest BCUT2D eigenvalue weighted by atomic mass is 10.5. The Morgan fingerprint density at radius 3 is 2.33 bits per heavy atom. The predicted octanol–water partition coefficient (Wildman–Crippen LogP) is 0.299. The Morgan fingerprint density at radius 1 is 1.27 bits per heavy atom. The molecule has 0 amide bonds. The van der Waals surface area contributed by atoms with E-state index in [9.17, 15) is 9.46 Å². The van der Waals surface area contributed by atoms with Crippen LogP contribution in [-0.4, -0.2) is 58.7 Å². The number of hydrogen-bond donors (Lipinski definition) is 0. The number of likely N-dealkylation sites (N-methyl/N-ethyl adjacent to an activating group) is 1. The molecule has 92 valence electrons. The topological polar surface area (TPSA) is 58.6 Å². The first kappa shape index (κ1) is 15.1. The molecule has 0 aromatic rings. The highest BCUT2D eigenvalue weighted by atomic mass is 31.2. The minimum Gasteiger partial charge on any atom is -0.778 e. The summed E-state index contributed by atoms with van der Waals surface area (Å²) in [6.07, 6.45) is 0.541. The maximum atomic E-state index is 11.3. The van der Waals surface area contributed by atoms with Crippen LogP contribution in [-0.2, 0) is 13.8 Å². The Kier molecular flexibility index (Phi) is 6.64. The fourth-order valence-corrected chi connectivity index (χ4v) is 1.93. The van der Waals surface area contributed by atoms with Gasteiger partial charge in [-0.2, -0.15) is 0 Å². The Balaban J connectivity index is 3.69. The smallest absolute Gasteiger partial charge is 0.135 e. The standard InChI is InChI=1S/C9H22NO4P/c1-10(2,3)6-8-14-15(11,12)9-5-7-13-4/h5-9H2,1-4H3. The zero-order valence-electron chi connectivity index (χ0n) is 10.1. The van der Waals surface area contributed by atoms with Crippen molar-refractivity contribution in [1.29, 1.82) is 0 Å². The first-order chi connectivity index (χ1) is 6.77. The summed E-state index contributed by atoms with van der Waals surface area (Å²) in [5.41, 5.74) is 0. The summed E-state index contributed by atoms with van der Waals surface area (Å²) in [5.74, 6) is 0. The average molecular weight is 239 g/mol. The summed E-state index contributed by atoms with van der Waals surface area (Å²) in [7, 11) is 3.87. The van der Waals surface area contributed by atoms with E-state index < -0.39 is 7.60 Å². The van der Waals surface area contributed by atoms with Gasteiger partial charge in [0.2, 0.25) is 0 Å². The molecule has 6 heteroatoms. The summed E-state index contributed by atoms with van der Waals surface area (Å²) in [6.45, 7) is 1.37. The van der Waals surface area contributed by atoms with Crippen molar-refractivity contribution in [2.45, 2.75) is 6.42 Å². The quantitative estimate of drug-likeness (QED) is 0.347. The molecule has 1 unspecified atom stereocenters. The van der Waals surface area contributed by atoms with Crippen LogP contribution in [0.5, 0.6) is 0 Å². The summed E-state index contributed by atoms with van der Waals surface area (Å²) in [6, 6.07) is 0. The summed E-state index contributed by atoms with van der Waals surface area (Å²) in [4.78, 5) is 11.3. The van der Waals surface area contributed by atoms with E-state index in [4.69, 9.17) is 9.26 Å². The molecule has 0 aliphatic rings. The predicted molar refractivity (Wildman–Crippen MR) is 57.8 cm³/mol. The van der Waals surface area contributed by atoms with Gasteiger partial charge in [0, 0.05) is 19.9 Å². The van der Waals surface area contributed by atoms with E-state index in [1.165, 1.54) is 0 Å². The van der Waals surface area contributed by atoms with Crippen molar-refractivity contribution in [3.8, 4) is 0 Å². The molecule has 0 aromatic heterocycles. The Hall–Kier alpha value is 0.0700. The second-order valence-electron chi connectivity index (χ2n) is 4.53. The molecule has 1 atom stereocenters. The van der Waals surface area contributed by atoms with Gasteiger partial charge in [-0.25, -0.2) is 0 Å². The van der Waals surface area contributed by atoms with E-state index in [-0.39, 0.29) is 12.8 Å². The molecule has 0 aromatic carbocycles. The zero-order valence-corrected chi connectivity index (χ0v) is 11.0. The highest BCUT2D eigenvalue weighted by Gasteiger charge is 2.11. The van der Waals surface area contributed by atoms with Crippen molar-refractivity contribution in [3.63, 3.8) is 0 Å². The Bertz CT molecular complexity index is 215. The summed E-state index contributed by atoms with van der Waals surface area (Å²) >= 11 is 0. The molecular formula is C9H22NO4P. The monoisotopic (exact) mass is 239 g/mol. The number of methoxy groups -OCH3 is 1. The first-order valence-corrected chi connectivity index (χ1v) is 6.74. The summed E-state index contributed by atoms with van der Waals surface area (Å²) < 4.78 is 21.7. The van der Waals surface area contributed by atoms with Crippen molar-refractivity contribution < 1.29 is 23.2 Å². The van der Waals surface area contributed by atoms with Crippen molar-refractivity contribution in [3.05, 3.63) is 0 Å². The fraction of sp³-hybridized carbons (Fsp3) is 1.00. The number of rotatable bonds is 8. The summed E-state index contributed by atoms with van der Waals surface area (Å²) in [5, 5.41) is 0. The van der Waals surface area contributed by atoms with Gasteiger partial charge in [-0.3, -0.25) is 0 Å². The second-order valence-corrected chi connectivity index (χ2v) is 6.46. The third kappa shape index (κ3) is 10.4. The maximum Gasteiger partial charge on any atom is 0.135 e. The van der Waals surface area contributed by atoms with Crippen molar-refractivity contribution in [2.24, 2.45) is 0 Å². The van der Waals surface area contributed by atoms with E-state index in [2.05, 4.69) is 0 Å². The van der Waals surface area contributed by atoms with Gasteiger partial charge in [0.15, 0.2) is 0 Å². The highest BCUT2D eigenvalue weighted by Crippen LogP contribution is 2.37. The van der Waals surface area contributed by atoms with Gasteiger partial charge in [-0.05, 0) is 6.42 Å². The first-order valence-electron chi connectivity index (χ1n) is 5.01. The molecule has 0 saturated heterocycles. The second kappa shape index (κ2) is 6.61. The van der Waals surface area contributed by atoms with E-state index in [0.29, 0.717) is 24.1 Å². The van der Waals surface area contributed by atoms with Crippen LogP contribution in [0.15, 0.2) is 0 Å². The fourth-order valence-electron chi connectivity index (χ4n) is 0.921. The Labute approximate surface area is 92.1 Å². The molecule has 0 fully saturated rings. The lowest BCUT2D eigenvalue weighted by Gasteiger charge is -2.27. The molecule has 5 nitrogen and oxygen atoms in total. The zero-order chi connectivity index (χ0) is 11.9. The molecule has 0 spiro atoms. The number of ether oxygens (including phenoxy) is 1. The molecule has 0 heterocycles. The van der Waals surface area contributed by atoms with E-state index in [0.717, 1.165) is 0 Å². The molecule has 0 aliphatic heterocycles. The van der Waals surface area contributed by atoms with Crippen LogP contribution >= 0.6 is 7.60 Å². The average Bonchev–Trinajstić information content (AvgIpc) is 2.01. The van der Waals surface area contributed by atoms with Gasteiger partial charge in [0.05, 0.1) is 21.1 Å². The van der Waals surface area contributed by atoms with Crippen molar-refractivity contribution >= 4 is 7.60 Å². The molecular weight excluding hydrogens is 217 g/mol. The van der Waals surface area contributed by atoms with Crippen LogP contribution in [0.2, 0.25) is 0 Å². The highest BCUT2D eigenvalue weighted by molar-refractivity contribution is 7.51. The molecule has 15 heavy (non-hydrogen) atoms. The van der Waals surface area contributed by atoms with Gasteiger partial charge in [0.25, 0.3) is 0 Å². The molecule has 0 N–H and O–H groups in total. The molecule has 0 saturated carbocycles. The normalized spacial score (nSPS) is 16.3. The van der Waals surface area contributed by atoms with Gasteiger partial charge in [0.1, 0.15) is 20.7 Å². The molecule has 0 bridgehead atoms. The van der Waals surface area contributed by atoms with Gasteiger partial charge >= 0.3 is 0 Å². The lowest BCUT2D eigenvalue weighted by molar-refractivity contribution is -0.870. The van der Waals surface area contributed by atoms with Crippen molar-refractivity contribution in [2.75, 3.05) is 54.2 Å². The van der Waals surface area contributed by atoms with Crippen LogP contribution in [0.1, 0.15) is 6.42 Å². The van der Waals surface area contributed by atoms with E-state index >= 15 is 0 Å². The van der Waals surface area contributed by atoms with E-state index in [1.807, 2.05) is 21.1 Å². The maximum absolute atomic E-state index is 11.3. The van der Waals surface area contributed by atoms with Crippen LogP contribution in [0, 0.1) is 0 Å². The number of hydrogen-bond acceptors (Lipinski definition) is 4. The van der Waals surface area contributed by atoms with Crippen LogP contribution in [0.25, 0.3) is 0 Å². The lowest BCUT2D eigenvalue weighted by Crippen LogP contribution is -2.37. The third-order valence-electron chi connectivity index (χ3n) is 1.83. The Morgan fingerprint density at radius 2 is 1.87 bits per heavy atom. The van der Waals surface area contributed by atoms with Gasteiger partial charge in [-0.1, -0.05) is 0 Å².